The maximum absolute atomic E-state index is 12.2. The minimum Gasteiger partial charge on any atom is -0.395 e. The SMILES string of the molecule is COCc1ccc(CNC(=O)CN2CCCC(C)C2CO)cc1. The Bertz CT molecular complexity index is 490. The van der Waals surface area contributed by atoms with Crippen LogP contribution in [0.15, 0.2) is 24.3 Å². The highest BCUT2D eigenvalue weighted by atomic mass is 16.5. The van der Waals surface area contributed by atoms with Gasteiger partial charge in [-0.2, -0.15) is 0 Å². The number of amides is 1. The summed E-state index contributed by atoms with van der Waals surface area (Å²) >= 11 is 0. The molecule has 1 aliphatic heterocycles. The molecule has 0 aromatic heterocycles. The molecule has 1 saturated heterocycles. The van der Waals surface area contributed by atoms with Crippen LogP contribution in [-0.4, -0.2) is 48.8 Å². The van der Waals surface area contributed by atoms with Gasteiger partial charge in [-0.25, -0.2) is 0 Å². The van der Waals surface area contributed by atoms with Crippen molar-refractivity contribution >= 4 is 5.91 Å². The normalized spacial score (nSPS) is 22.0. The molecule has 0 radical (unpaired) electrons. The van der Waals surface area contributed by atoms with Crippen LogP contribution >= 0.6 is 0 Å². The summed E-state index contributed by atoms with van der Waals surface area (Å²) in [6.45, 7) is 4.63. The summed E-state index contributed by atoms with van der Waals surface area (Å²) in [5.41, 5.74) is 2.19. The van der Waals surface area contributed by atoms with Gasteiger partial charge >= 0.3 is 0 Å². The standard InChI is InChI=1S/C18H28N2O3/c1-14-4-3-9-20(17(14)12-21)11-18(22)19-10-15-5-7-16(8-6-15)13-23-2/h5-8,14,17,21H,3-4,9-13H2,1-2H3,(H,19,22). The number of carbonyl (C=O) groups excluding carboxylic acids is 1. The fraction of sp³-hybridized carbons (Fsp3) is 0.611. The molecule has 0 spiro atoms. The van der Waals surface area contributed by atoms with Crippen molar-refractivity contribution in [1.82, 2.24) is 10.2 Å². The molecule has 2 atom stereocenters. The van der Waals surface area contributed by atoms with Gasteiger partial charge in [0.2, 0.25) is 5.91 Å². The van der Waals surface area contributed by atoms with Crippen LogP contribution in [0.4, 0.5) is 0 Å². The number of benzene rings is 1. The van der Waals surface area contributed by atoms with E-state index in [-0.39, 0.29) is 18.6 Å². The topological polar surface area (TPSA) is 61.8 Å². The number of methoxy groups -OCH3 is 1. The lowest BCUT2D eigenvalue weighted by Crippen LogP contribution is -2.50. The van der Waals surface area contributed by atoms with Gasteiger partial charge in [0.15, 0.2) is 0 Å². The number of hydrogen-bond donors (Lipinski definition) is 2. The number of nitrogens with zero attached hydrogens (tertiary/aromatic N) is 1. The Morgan fingerprint density at radius 3 is 2.70 bits per heavy atom. The van der Waals surface area contributed by atoms with Gasteiger partial charge in [0.05, 0.1) is 19.8 Å². The van der Waals surface area contributed by atoms with Crippen LogP contribution in [-0.2, 0) is 22.7 Å². The molecule has 5 nitrogen and oxygen atoms in total. The van der Waals surface area contributed by atoms with Gasteiger partial charge < -0.3 is 15.2 Å². The minimum absolute atomic E-state index is 0.0125. The molecule has 1 fully saturated rings. The smallest absolute Gasteiger partial charge is 0.234 e. The van der Waals surface area contributed by atoms with E-state index in [4.69, 9.17) is 4.74 Å². The van der Waals surface area contributed by atoms with Crippen molar-refractivity contribution in [3.8, 4) is 0 Å². The molecule has 1 aromatic rings. The number of aliphatic hydroxyl groups excluding tert-OH is 1. The van der Waals surface area contributed by atoms with E-state index in [1.165, 1.54) is 0 Å². The van der Waals surface area contributed by atoms with E-state index in [2.05, 4.69) is 17.1 Å². The van der Waals surface area contributed by atoms with Crippen molar-refractivity contribution in [2.45, 2.75) is 39.0 Å². The number of piperidine rings is 1. The summed E-state index contributed by atoms with van der Waals surface area (Å²) in [6.07, 6.45) is 2.21. The second-order valence-corrected chi connectivity index (χ2v) is 6.37. The zero-order valence-electron chi connectivity index (χ0n) is 14.1. The van der Waals surface area contributed by atoms with Crippen molar-refractivity contribution in [3.05, 3.63) is 35.4 Å². The van der Waals surface area contributed by atoms with E-state index in [1.54, 1.807) is 7.11 Å². The van der Waals surface area contributed by atoms with Crippen molar-refractivity contribution in [1.29, 1.82) is 0 Å². The lowest BCUT2D eigenvalue weighted by molar-refractivity contribution is -0.124. The van der Waals surface area contributed by atoms with Crippen molar-refractivity contribution in [2.24, 2.45) is 5.92 Å². The highest BCUT2D eigenvalue weighted by molar-refractivity contribution is 5.78. The molecule has 1 amide bonds. The third kappa shape index (κ3) is 5.30. The summed E-state index contributed by atoms with van der Waals surface area (Å²) in [6, 6.07) is 8.14. The molecular weight excluding hydrogens is 292 g/mol. The Morgan fingerprint density at radius 1 is 1.35 bits per heavy atom. The van der Waals surface area contributed by atoms with Crippen molar-refractivity contribution < 1.29 is 14.6 Å². The first-order valence-corrected chi connectivity index (χ1v) is 8.32. The van der Waals surface area contributed by atoms with Gasteiger partial charge in [-0.15, -0.1) is 0 Å². The van der Waals surface area contributed by atoms with Gasteiger partial charge in [0, 0.05) is 19.7 Å². The number of likely N-dealkylation sites (tertiary alicyclic amines) is 1. The molecule has 1 heterocycles. The largest absolute Gasteiger partial charge is 0.395 e. The van der Waals surface area contributed by atoms with Gasteiger partial charge in [-0.05, 0) is 36.4 Å². The molecule has 0 saturated carbocycles. The molecule has 23 heavy (non-hydrogen) atoms. The van der Waals surface area contributed by atoms with Gasteiger partial charge in [-0.3, -0.25) is 9.69 Å². The molecule has 2 rings (SSSR count). The van der Waals surface area contributed by atoms with Crippen LogP contribution in [0, 0.1) is 5.92 Å². The van der Waals surface area contributed by atoms with Crippen LogP contribution < -0.4 is 5.32 Å². The summed E-state index contributed by atoms with van der Waals surface area (Å²) in [5.74, 6) is 0.452. The Kier molecular flexibility index (Phi) is 7.02. The highest BCUT2D eigenvalue weighted by Gasteiger charge is 2.28. The molecular formula is C18H28N2O3. The summed E-state index contributed by atoms with van der Waals surface area (Å²) in [7, 11) is 1.68. The monoisotopic (exact) mass is 320 g/mol. The molecule has 2 N–H and O–H groups in total. The Morgan fingerprint density at radius 2 is 2.04 bits per heavy atom. The van der Waals surface area contributed by atoms with E-state index in [0.717, 1.165) is 30.5 Å². The van der Waals surface area contributed by atoms with Gasteiger partial charge in [0.1, 0.15) is 0 Å². The zero-order chi connectivity index (χ0) is 16.7. The van der Waals surface area contributed by atoms with Gasteiger partial charge in [0.25, 0.3) is 0 Å². The number of rotatable bonds is 7. The number of aliphatic hydroxyl groups is 1. The average molecular weight is 320 g/mol. The highest BCUT2D eigenvalue weighted by Crippen LogP contribution is 2.22. The van der Waals surface area contributed by atoms with E-state index in [0.29, 0.717) is 25.6 Å². The molecule has 0 aliphatic carbocycles. The number of nitrogens with one attached hydrogen (secondary N) is 1. The number of hydrogen-bond acceptors (Lipinski definition) is 4. The second kappa shape index (κ2) is 9.01. The molecule has 1 aromatic carbocycles. The van der Waals surface area contributed by atoms with Crippen LogP contribution in [0.1, 0.15) is 30.9 Å². The molecule has 2 unspecified atom stereocenters. The fourth-order valence-electron chi connectivity index (χ4n) is 3.19. The maximum Gasteiger partial charge on any atom is 0.234 e. The predicted octanol–water partition coefficient (Wildman–Crippen LogP) is 1.54. The lowest BCUT2D eigenvalue weighted by atomic mass is 9.91. The zero-order valence-corrected chi connectivity index (χ0v) is 14.1. The fourth-order valence-corrected chi connectivity index (χ4v) is 3.19. The average Bonchev–Trinajstić information content (AvgIpc) is 2.55. The molecule has 0 bridgehead atoms. The maximum atomic E-state index is 12.2. The summed E-state index contributed by atoms with van der Waals surface area (Å²) in [4.78, 5) is 14.3. The quantitative estimate of drug-likeness (QED) is 0.800. The first-order chi connectivity index (χ1) is 11.1. The summed E-state index contributed by atoms with van der Waals surface area (Å²) in [5, 5.41) is 12.5. The number of ether oxygens (including phenoxy) is 1. The summed E-state index contributed by atoms with van der Waals surface area (Å²) < 4.78 is 5.08. The van der Waals surface area contributed by atoms with E-state index in [1.807, 2.05) is 24.3 Å². The van der Waals surface area contributed by atoms with Crippen LogP contribution in [0.5, 0.6) is 0 Å². The molecule has 128 valence electrons. The van der Waals surface area contributed by atoms with E-state index >= 15 is 0 Å². The van der Waals surface area contributed by atoms with Crippen molar-refractivity contribution in [2.75, 3.05) is 26.8 Å². The Hall–Kier alpha value is -1.43. The molecule has 5 heteroatoms. The van der Waals surface area contributed by atoms with Crippen LogP contribution in [0.2, 0.25) is 0 Å². The third-order valence-corrected chi connectivity index (χ3v) is 4.59. The Balaban J connectivity index is 1.80. The second-order valence-electron chi connectivity index (χ2n) is 6.37. The van der Waals surface area contributed by atoms with Gasteiger partial charge in [-0.1, -0.05) is 31.2 Å². The van der Waals surface area contributed by atoms with Crippen molar-refractivity contribution in [3.63, 3.8) is 0 Å². The number of carbonyl (C=O) groups is 1. The first kappa shape index (κ1) is 17.9. The predicted molar refractivity (Wildman–Crippen MR) is 89.8 cm³/mol. The van der Waals surface area contributed by atoms with Crippen LogP contribution in [0.25, 0.3) is 0 Å². The first-order valence-electron chi connectivity index (χ1n) is 8.32. The Labute approximate surface area is 138 Å². The minimum atomic E-state index is 0.0125. The van der Waals surface area contributed by atoms with E-state index < -0.39 is 0 Å². The lowest BCUT2D eigenvalue weighted by Gasteiger charge is -2.38. The van der Waals surface area contributed by atoms with E-state index in [9.17, 15) is 9.90 Å². The molecule has 1 aliphatic rings. The third-order valence-electron chi connectivity index (χ3n) is 4.59. The van der Waals surface area contributed by atoms with Crippen LogP contribution in [0.3, 0.4) is 0 Å².